The minimum Gasteiger partial charge on any atom is -0.358 e. The van der Waals surface area contributed by atoms with Gasteiger partial charge in [0.25, 0.3) is 5.69 Å². The van der Waals surface area contributed by atoms with Crippen LogP contribution in [0.25, 0.3) is 0 Å². The lowest BCUT2D eigenvalue weighted by atomic mass is 9.86. The highest BCUT2D eigenvalue weighted by molar-refractivity contribution is 7.80. The van der Waals surface area contributed by atoms with Crippen LogP contribution in [0.2, 0.25) is 0 Å². The van der Waals surface area contributed by atoms with Gasteiger partial charge in [-0.05, 0) is 49.3 Å². The lowest BCUT2D eigenvalue weighted by Crippen LogP contribution is -2.52. The normalized spacial score (nSPS) is 19.9. The average molecular weight is 368 g/mol. The van der Waals surface area contributed by atoms with Crippen molar-refractivity contribution in [1.29, 1.82) is 0 Å². The SMILES string of the molecule is C[C@H]1CCCC[C@H]1NC(=S)NNC(=S)Nc1ccccc1[N+](=O)[O-]. The summed E-state index contributed by atoms with van der Waals surface area (Å²) in [7, 11) is 0. The Hall–Kier alpha value is -2.00. The molecule has 0 heterocycles. The molecule has 1 aliphatic carbocycles. The van der Waals surface area contributed by atoms with Crippen LogP contribution in [0.3, 0.4) is 0 Å². The van der Waals surface area contributed by atoms with Gasteiger partial charge in [0.1, 0.15) is 5.69 Å². The molecule has 7 nitrogen and oxygen atoms in total. The maximum Gasteiger partial charge on any atom is 0.292 e. The van der Waals surface area contributed by atoms with E-state index in [-0.39, 0.29) is 10.8 Å². The second kappa shape index (κ2) is 8.74. The Bertz CT molecular complexity index is 626. The van der Waals surface area contributed by atoms with E-state index in [2.05, 4.69) is 28.4 Å². The fourth-order valence-electron chi connectivity index (χ4n) is 2.74. The number of nitro groups is 1. The third-order valence-electron chi connectivity index (χ3n) is 4.07. The van der Waals surface area contributed by atoms with Crippen LogP contribution in [0.4, 0.5) is 11.4 Å². The Morgan fingerprint density at radius 2 is 1.83 bits per heavy atom. The summed E-state index contributed by atoms with van der Waals surface area (Å²) in [5.41, 5.74) is 5.84. The number of nitrogens with zero attached hydrogens (tertiary/aromatic N) is 1. The minimum atomic E-state index is -0.463. The largest absolute Gasteiger partial charge is 0.358 e. The lowest BCUT2D eigenvalue weighted by Gasteiger charge is -2.30. The van der Waals surface area contributed by atoms with Crippen LogP contribution in [-0.2, 0) is 0 Å². The number of nitrogens with one attached hydrogen (secondary N) is 4. The third kappa shape index (κ3) is 5.27. The van der Waals surface area contributed by atoms with Gasteiger partial charge in [0.05, 0.1) is 4.92 Å². The van der Waals surface area contributed by atoms with Gasteiger partial charge in [-0.3, -0.25) is 21.0 Å². The molecule has 0 unspecified atom stereocenters. The van der Waals surface area contributed by atoms with E-state index in [9.17, 15) is 10.1 Å². The molecule has 0 radical (unpaired) electrons. The van der Waals surface area contributed by atoms with Crippen LogP contribution >= 0.6 is 24.4 Å². The Morgan fingerprint density at radius 3 is 2.54 bits per heavy atom. The van der Waals surface area contributed by atoms with Gasteiger partial charge in [-0.2, -0.15) is 0 Å². The summed E-state index contributed by atoms with van der Waals surface area (Å²) >= 11 is 10.4. The maximum absolute atomic E-state index is 11.0. The molecular formula is C15H21N5O2S2. The molecule has 130 valence electrons. The molecule has 0 saturated heterocycles. The smallest absolute Gasteiger partial charge is 0.292 e. The monoisotopic (exact) mass is 367 g/mol. The molecule has 0 spiro atoms. The first-order chi connectivity index (χ1) is 11.5. The Labute approximate surface area is 151 Å². The number of hydrogen-bond acceptors (Lipinski definition) is 4. The summed E-state index contributed by atoms with van der Waals surface area (Å²) in [4.78, 5) is 10.5. The van der Waals surface area contributed by atoms with Crippen molar-refractivity contribution in [3.05, 3.63) is 34.4 Å². The van der Waals surface area contributed by atoms with Crippen molar-refractivity contribution in [2.75, 3.05) is 5.32 Å². The third-order valence-corrected chi connectivity index (χ3v) is 4.49. The number of rotatable bonds is 3. The predicted octanol–water partition coefficient (Wildman–Crippen LogP) is 2.84. The van der Waals surface area contributed by atoms with Gasteiger partial charge >= 0.3 is 0 Å². The van der Waals surface area contributed by atoms with E-state index in [4.69, 9.17) is 24.4 Å². The molecule has 2 atom stereocenters. The molecule has 1 saturated carbocycles. The highest BCUT2D eigenvalue weighted by Gasteiger charge is 2.21. The van der Waals surface area contributed by atoms with Crippen molar-refractivity contribution in [1.82, 2.24) is 16.2 Å². The number of anilines is 1. The standard InChI is InChI=1S/C15H21N5O2S2/c1-10-6-2-3-7-11(10)16-14(23)18-19-15(24)17-12-8-4-5-9-13(12)20(21)22/h4-5,8-11H,2-3,6-7H2,1H3,(H2,16,18,23)(H2,17,19,24)/t10-,11+/m0/s1. The Balaban J connectivity index is 1.81. The first-order valence-corrected chi connectivity index (χ1v) is 8.66. The predicted molar refractivity (Wildman–Crippen MR) is 103 cm³/mol. The first kappa shape index (κ1) is 18.3. The van der Waals surface area contributed by atoms with Crippen molar-refractivity contribution in [3.63, 3.8) is 0 Å². The van der Waals surface area contributed by atoms with Gasteiger partial charge < -0.3 is 10.6 Å². The molecule has 1 aliphatic rings. The maximum atomic E-state index is 11.0. The second-order valence-corrected chi connectivity index (χ2v) is 6.64. The summed E-state index contributed by atoms with van der Waals surface area (Å²) < 4.78 is 0. The Morgan fingerprint density at radius 1 is 1.17 bits per heavy atom. The lowest BCUT2D eigenvalue weighted by molar-refractivity contribution is -0.383. The van der Waals surface area contributed by atoms with Gasteiger partial charge in [-0.25, -0.2) is 0 Å². The number of benzene rings is 1. The minimum absolute atomic E-state index is 0.0432. The van der Waals surface area contributed by atoms with Crippen LogP contribution in [0.15, 0.2) is 24.3 Å². The summed E-state index contributed by atoms with van der Waals surface area (Å²) in [6, 6.07) is 6.66. The second-order valence-electron chi connectivity index (χ2n) is 5.82. The van der Waals surface area contributed by atoms with Gasteiger partial charge in [0.2, 0.25) is 0 Å². The van der Waals surface area contributed by atoms with Gasteiger partial charge in [0.15, 0.2) is 10.2 Å². The summed E-state index contributed by atoms with van der Waals surface area (Å²) in [5, 5.41) is 17.7. The molecule has 0 aromatic heterocycles. The van der Waals surface area contributed by atoms with Crippen LogP contribution in [-0.4, -0.2) is 21.2 Å². The molecule has 1 aromatic rings. The Kier molecular flexibility index (Phi) is 6.68. The fourth-order valence-corrected chi connectivity index (χ4v) is 3.10. The van der Waals surface area contributed by atoms with E-state index in [1.54, 1.807) is 18.2 Å². The molecular weight excluding hydrogens is 346 g/mol. The van der Waals surface area contributed by atoms with E-state index < -0.39 is 4.92 Å². The van der Waals surface area contributed by atoms with Crippen LogP contribution in [0.1, 0.15) is 32.6 Å². The molecule has 2 rings (SSSR count). The molecule has 24 heavy (non-hydrogen) atoms. The van der Waals surface area contributed by atoms with E-state index in [1.807, 2.05) is 0 Å². The van der Waals surface area contributed by atoms with Gasteiger partial charge in [-0.15, -0.1) is 0 Å². The van der Waals surface area contributed by atoms with Crippen molar-refractivity contribution >= 4 is 46.0 Å². The first-order valence-electron chi connectivity index (χ1n) is 7.84. The zero-order valence-corrected chi connectivity index (χ0v) is 15.0. The van der Waals surface area contributed by atoms with Crippen LogP contribution in [0, 0.1) is 16.0 Å². The summed E-state index contributed by atoms with van der Waals surface area (Å²) in [5.74, 6) is 0.579. The topological polar surface area (TPSA) is 91.3 Å². The van der Waals surface area contributed by atoms with Gasteiger partial charge in [-0.1, -0.05) is 31.9 Å². The number of hydrogen-bond donors (Lipinski definition) is 4. The molecule has 1 aromatic carbocycles. The number of thiocarbonyl (C=S) groups is 2. The van der Waals surface area contributed by atoms with E-state index in [1.165, 1.54) is 25.3 Å². The molecule has 0 bridgehead atoms. The molecule has 0 aliphatic heterocycles. The average Bonchev–Trinajstić information content (AvgIpc) is 2.55. The number of para-hydroxylation sites is 2. The highest BCUT2D eigenvalue weighted by Crippen LogP contribution is 2.24. The molecule has 1 fully saturated rings. The zero-order chi connectivity index (χ0) is 17.5. The van der Waals surface area contributed by atoms with Crippen LogP contribution in [0.5, 0.6) is 0 Å². The fraction of sp³-hybridized carbons (Fsp3) is 0.467. The number of nitro benzene ring substituents is 1. The number of hydrazine groups is 1. The zero-order valence-electron chi connectivity index (χ0n) is 13.4. The summed E-state index contributed by atoms with van der Waals surface area (Å²) in [6.45, 7) is 2.22. The van der Waals surface area contributed by atoms with E-state index in [0.29, 0.717) is 22.8 Å². The molecule has 4 N–H and O–H groups in total. The highest BCUT2D eigenvalue weighted by atomic mass is 32.1. The van der Waals surface area contributed by atoms with Crippen LogP contribution < -0.4 is 21.5 Å². The van der Waals surface area contributed by atoms with E-state index in [0.717, 1.165) is 6.42 Å². The van der Waals surface area contributed by atoms with Crippen molar-refractivity contribution in [3.8, 4) is 0 Å². The van der Waals surface area contributed by atoms with Gasteiger partial charge in [0, 0.05) is 12.1 Å². The van der Waals surface area contributed by atoms with E-state index >= 15 is 0 Å². The van der Waals surface area contributed by atoms with Crippen molar-refractivity contribution < 1.29 is 4.92 Å². The van der Waals surface area contributed by atoms with Crippen molar-refractivity contribution in [2.45, 2.75) is 38.6 Å². The summed E-state index contributed by atoms with van der Waals surface area (Å²) in [6.07, 6.45) is 4.77. The molecule has 0 amide bonds. The molecule has 9 heteroatoms. The van der Waals surface area contributed by atoms with Crippen molar-refractivity contribution in [2.24, 2.45) is 5.92 Å². The quantitative estimate of drug-likeness (QED) is 0.368.